The minimum absolute atomic E-state index is 0.0770. The largest absolute Gasteiger partial charge is 0.413 e. The Bertz CT molecular complexity index is 3420. The first-order valence-corrected chi connectivity index (χ1v) is 30.0. The Labute approximate surface area is 536 Å². The maximum absolute atomic E-state index is 14.2. The molecule has 5 aliphatic rings. The highest BCUT2D eigenvalue weighted by atomic mass is 16.8. The van der Waals surface area contributed by atoms with Crippen LogP contribution >= 0.6 is 0 Å². The number of carbonyl (C=O) groups is 5. The Kier molecular flexibility index (Phi) is 22.2. The van der Waals surface area contributed by atoms with Gasteiger partial charge in [0.15, 0.2) is 25.2 Å². The quantitative estimate of drug-likeness (QED) is 0.0555. The topological polar surface area (TPSA) is 387 Å². The first-order valence-electron chi connectivity index (χ1n) is 30.0. The van der Waals surface area contributed by atoms with Crippen LogP contribution in [0.3, 0.4) is 0 Å². The Balaban J connectivity index is 0.911. The van der Waals surface area contributed by atoms with Gasteiger partial charge in [0.1, 0.15) is 114 Å². The molecule has 4 saturated heterocycles. The van der Waals surface area contributed by atoms with E-state index >= 15 is 0 Å². The van der Waals surface area contributed by atoms with Gasteiger partial charge in [-0.2, -0.15) is 0 Å². The number of para-hydroxylation sites is 5. The van der Waals surface area contributed by atoms with Crippen LogP contribution < -0.4 is 50.3 Å². The van der Waals surface area contributed by atoms with Gasteiger partial charge < -0.3 is 119 Å². The number of ether oxygens (including phenoxy) is 13. The van der Waals surface area contributed by atoms with Gasteiger partial charge in [-0.05, 0) is 67.1 Å². The molecule has 1 saturated carbocycles. The smallest absolute Gasteiger partial charge is 0.410 e. The van der Waals surface area contributed by atoms with Crippen molar-refractivity contribution in [2.24, 2.45) is 0 Å². The number of fused-ring (bicyclic) bond motifs is 1. The average molecular weight is 1300 g/mol. The second kappa shape index (κ2) is 31.4. The van der Waals surface area contributed by atoms with Gasteiger partial charge in [0, 0.05) is 12.1 Å². The zero-order valence-corrected chi connectivity index (χ0v) is 49.7. The van der Waals surface area contributed by atoms with Crippen LogP contribution in [0.5, 0.6) is 28.7 Å². The molecule has 2 unspecified atom stereocenters. The van der Waals surface area contributed by atoms with Gasteiger partial charge in [0.2, 0.25) is 0 Å². The molecule has 11 rings (SSSR count). The Morgan fingerprint density at radius 1 is 0.404 bits per heavy atom. The van der Waals surface area contributed by atoms with E-state index in [0.29, 0.717) is 5.56 Å². The summed E-state index contributed by atoms with van der Waals surface area (Å²) in [6, 6.07) is 42.0. The third-order valence-electron chi connectivity index (χ3n) is 15.9. The molecule has 94 heavy (non-hydrogen) atoms. The second-order valence-corrected chi connectivity index (χ2v) is 22.2. The summed E-state index contributed by atoms with van der Waals surface area (Å²) in [5, 5.41) is 84.7. The van der Waals surface area contributed by atoms with Crippen LogP contribution in [0.15, 0.2) is 182 Å². The predicted molar refractivity (Wildman–Crippen MR) is 320 cm³/mol. The maximum atomic E-state index is 14.2. The van der Waals surface area contributed by atoms with Crippen molar-refractivity contribution in [2.45, 2.75) is 129 Å². The molecule has 20 atom stereocenters. The summed E-state index contributed by atoms with van der Waals surface area (Å²) in [5.41, 5.74) is 0.595. The summed E-state index contributed by atoms with van der Waals surface area (Å²) in [6.07, 6.45) is -33.1. The van der Waals surface area contributed by atoms with Crippen molar-refractivity contribution in [3.8, 4) is 28.7 Å². The van der Waals surface area contributed by atoms with Gasteiger partial charge in [-0.1, -0.05) is 121 Å². The molecule has 0 bridgehead atoms. The number of hydrogen-bond donors (Lipinski definition) is 11. The van der Waals surface area contributed by atoms with E-state index in [4.69, 9.17) is 61.6 Å². The highest BCUT2D eigenvalue weighted by Crippen LogP contribution is 2.39. The Morgan fingerprint density at radius 3 is 1.32 bits per heavy atom. The average Bonchev–Trinajstić information content (AvgIpc) is 1.13. The van der Waals surface area contributed by atoms with E-state index in [0.717, 1.165) is 0 Å². The van der Waals surface area contributed by atoms with E-state index in [1.54, 1.807) is 121 Å². The summed E-state index contributed by atoms with van der Waals surface area (Å²) in [5.74, 6) is 0.554. The van der Waals surface area contributed by atoms with E-state index in [1.165, 1.54) is 60.7 Å². The molecule has 5 amide bonds. The van der Waals surface area contributed by atoms with Crippen molar-refractivity contribution < 1.29 is 116 Å². The van der Waals surface area contributed by atoms with E-state index in [9.17, 15) is 54.6 Å². The fraction of sp³-hybridized carbons (Fsp3) is 0.369. The van der Waals surface area contributed by atoms with Crippen molar-refractivity contribution in [1.82, 2.24) is 26.6 Å². The Morgan fingerprint density at radius 2 is 0.819 bits per heavy atom. The van der Waals surface area contributed by atoms with Crippen molar-refractivity contribution in [1.29, 1.82) is 0 Å². The monoisotopic (exact) mass is 1300 g/mol. The van der Waals surface area contributed by atoms with E-state index in [-0.39, 0.29) is 35.4 Å². The number of carbonyl (C=O) groups excluding carboxylic acids is 5. The highest BCUT2D eigenvalue weighted by Gasteiger charge is 2.58. The van der Waals surface area contributed by atoms with Crippen LogP contribution in [0.4, 0.5) is 24.0 Å². The lowest BCUT2D eigenvalue weighted by molar-refractivity contribution is -0.358. The van der Waals surface area contributed by atoms with Crippen molar-refractivity contribution in [2.75, 3.05) is 19.8 Å². The molecule has 1 aliphatic carbocycles. The van der Waals surface area contributed by atoms with E-state index in [1.807, 2.05) is 0 Å². The summed E-state index contributed by atoms with van der Waals surface area (Å²) in [7, 11) is 0. The van der Waals surface area contributed by atoms with Gasteiger partial charge in [0.05, 0.1) is 25.3 Å². The zero-order chi connectivity index (χ0) is 65.7. The van der Waals surface area contributed by atoms with E-state index < -0.39 is 173 Å². The molecule has 4 aliphatic heterocycles. The van der Waals surface area contributed by atoms with Gasteiger partial charge in [-0.25, -0.2) is 24.0 Å². The number of benzene rings is 6. The molecule has 6 aromatic carbocycles. The third-order valence-corrected chi connectivity index (χ3v) is 15.9. The number of aliphatic hydroxyl groups excluding tert-OH is 6. The molecule has 29 nitrogen and oxygen atoms in total. The number of nitrogens with one attached hydrogen (secondary N) is 5. The summed E-state index contributed by atoms with van der Waals surface area (Å²) in [6.45, 7) is -1.69. The summed E-state index contributed by atoms with van der Waals surface area (Å²) in [4.78, 5) is 68.4. The molecule has 5 fully saturated rings. The van der Waals surface area contributed by atoms with Gasteiger partial charge in [-0.3, -0.25) is 0 Å². The number of rotatable bonds is 19. The minimum atomic E-state index is -2.07. The zero-order valence-electron chi connectivity index (χ0n) is 49.7. The molecule has 0 aromatic heterocycles. The molecule has 29 heteroatoms. The molecule has 498 valence electrons. The molecule has 0 spiro atoms. The molecule has 6 aromatic rings. The Hall–Kier alpha value is -8.89. The van der Waals surface area contributed by atoms with Gasteiger partial charge in [-0.15, -0.1) is 0 Å². The maximum Gasteiger partial charge on any atom is 0.413 e. The van der Waals surface area contributed by atoms with Crippen molar-refractivity contribution in [3.05, 3.63) is 188 Å². The van der Waals surface area contributed by atoms with Crippen LogP contribution in [0.2, 0.25) is 0 Å². The molecular weight excluding hydrogens is 1230 g/mol. The minimum Gasteiger partial charge on any atom is -0.410 e. The lowest BCUT2D eigenvalue weighted by Crippen LogP contribution is -2.71. The van der Waals surface area contributed by atoms with Crippen molar-refractivity contribution >= 4 is 30.5 Å². The van der Waals surface area contributed by atoms with Crippen molar-refractivity contribution in [3.63, 3.8) is 0 Å². The molecule has 0 radical (unpaired) electrons. The fourth-order valence-electron chi connectivity index (χ4n) is 11.3. The van der Waals surface area contributed by atoms with Crippen LogP contribution in [0, 0.1) is 0 Å². The number of aliphatic hydroxyl groups is 6. The van der Waals surface area contributed by atoms with Crippen LogP contribution in [-0.2, 0) is 37.9 Å². The van der Waals surface area contributed by atoms with Gasteiger partial charge >= 0.3 is 30.5 Å². The highest BCUT2D eigenvalue weighted by molar-refractivity contribution is 5.73. The number of hydrogen-bond acceptors (Lipinski definition) is 24. The summed E-state index contributed by atoms with van der Waals surface area (Å²) < 4.78 is 78.6. The first kappa shape index (κ1) is 66.6. The van der Waals surface area contributed by atoms with Crippen LogP contribution in [0.25, 0.3) is 0 Å². The standard InChI is InChI=1S/C65H69N5O24/c71-33-44-54(93-58-46(69-64(80)86-39-27-15-5-16-28-39)50(74)49(73)43(88-58)32-66-61(77)83-36-21-9-2-10-22-36)52(76)60(89-44)94-56-48(72)41(67-62(78)84-37-23-11-3-12-24-37)31-42(68-63(79)85-38-25-13-4-14-26-38)53(56)91-59-47(70-65(81)87-40-29-17-6-18-30-40)51(75)55-45(90-59)34-82-57(92-55)35-19-7-1-8-20-35/h1-30,41-60,71-76H,31-34H2,(H,66,77)(H,67,78)(H,68,79)(H,69,80)(H,70,81)/t41-,42+,43-,44-,45?,46+,47-,48+,49+,50+,51-,52-,53-,54-,55?,56-,57-,58+,59-,60+/m1/s1. The fourth-order valence-corrected chi connectivity index (χ4v) is 11.3. The molecular formula is C65H69N5O24. The third kappa shape index (κ3) is 16.7. The predicted octanol–water partition coefficient (Wildman–Crippen LogP) is 3.05. The first-order chi connectivity index (χ1) is 45.6. The van der Waals surface area contributed by atoms with E-state index in [2.05, 4.69) is 26.6 Å². The second-order valence-electron chi connectivity index (χ2n) is 22.2. The lowest BCUT2D eigenvalue weighted by atomic mass is 9.83. The molecule has 11 N–H and O–H groups in total. The van der Waals surface area contributed by atoms with Gasteiger partial charge in [0.25, 0.3) is 0 Å². The van der Waals surface area contributed by atoms with Crippen LogP contribution in [-0.4, -0.2) is 197 Å². The van der Waals surface area contributed by atoms with Crippen LogP contribution in [0.1, 0.15) is 18.3 Å². The normalized spacial score (nSPS) is 31.2. The molecule has 4 heterocycles. The number of amides is 5. The summed E-state index contributed by atoms with van der Waals surface area (Å²) >= 11 is 0. The lowest BCUT2D eigenvalue weighted by Gasteiger charge is -2.50. The SMILES string of the molecule is O=C(NC[C@H]1O[C@@H](O[C@H]2[C@@H](O)[C@H](O[C@@H]3[C@@H](O)[C@H](NC(=O)Oc4ccccc4)C[C@H](NC(=O)Oc4ccccc4)[C@H]3O[C@H]3OC4CO[C@@H](c5ccccc5)OC4[C@H](O)[C@H]3NC(=O)Oc3ccccc3)O[C@@H]2CO)[C@@H](NC(=O)Oc2ccccc2)[C@H](O)[C@H]1O)Oc1ccccc1.